The van der Waals surface area contributed by atoms with Crippen LogP contribution in [-0.2, 0) is 9.59 Å². The molecule has 3 aromatic rings. The zero-order chi connectivity index (χ0) is 23.1. The first-order valence-electron chi connectivity index (χ1n) is 11.8. The average molecular weight is 446 g/mol. The minimum absolute atomic E-state index is 0.00891. The molecule has 172 valence electrons. The molecule has 5 rings (SSSR count). The highest BCUT2D eigenvalue weighted by Crippen LogP contribution is 2.36. The van der Waals surface area contributed by atoms with Crippen molar-refractivity contribution in [3.8, 4) is 5.75 Å². The molecule has 6 nitrogen and oxygen atoms in total. The second-order valence-corrected chi connectivity index (χ2v) is 9.35. The van der Waals surface area contributed by atoms with Gasteiger partial charge in [0.2, 0.25) is 11.8 Å². The molecule has 0 aliphatic carbocycles. The predicted molar refractivity (Wildman–Crippen MR) is 130 cm³/mol. The second-order valence-electron chi connectivity index (χ2n) is 9.35. The van der Waals surface area contributed by atoms with Crippen molar-refractivity contribution in [3.05, 3.63) is 59.3 Å². The molecule has 0 radical (unpaired) electrons. The number of nitrogens with one attached hydrogen (secondary N) is 1. The highest BCUT2D eigenvalue weighted by atomic mass is 16.5. The standard InChI is InChI=1S/C27H31N3O3/c1-17-4-5-20(14-18(17)2)30-13-10-22(27(30)32)26(31)29-11-8-19(9-12-29)24-16-28-25-7-6-21(33-3)15-23(24)25/h4-7,14-16,19,22,28H,8-13H2,1-3H3. The summed E-state index contributed by atoms with van der Waals surface area (Å²) in [6.45, 7) is 6.09. The van der Waals surface area contributed by atoms with Gasteiger partial charge in [-0.25, -0.2) is 0 Å². The summed E-state index contributed by atoms with van der Waals surface area (Å²) in [5, 5.41) is 1.19. The molecule has 2 amide bonds. The van der Waals surface area contributed by atoms with E-state index in [1.165, 1.54) is 16.5 Å². The number of rotatable bonds is 4. The van der Waals surface area contributed by atoms with Crippen molar-refractivity contribution in [1.29, 1.82) is 0 Å². The highest BCUT2D eigenvalue weighted by Gasteiger charge is 2.40. The van der Waals surface area contributed by atoms with Gasteiger partial charge in [0.1, 0.15) is 11.7 Å². The molecule has 2 fully saturated rings. The van der Waals surface area contributed by atoms with E-state index in [0.717, 1.165) is 35.4 Å². The Labute approximate surface area is 194 Å². The van der Waals surface area contributed by atoms with Crippen LogP contribution in [0.3, 0.4) is 0 Å². The number of aryl methyl sites for hydroxylation is 2. The first-order valence-corrected chi connectivity index (χ1v) is 11.8. The Morgan fingerprint density at radius 1 is 1.00 bits per heavy atom. The zero-order valence-electron chi connectivity index (χ0n) is 19.6. The number of benzene rings is 2. The second kappa shape index (κ2) is 8.58. The van der Waals surface area contributed by atoms with Crippen molar-refractivity contribution in [3.63, 3.8) is 0 Å². The van der Waals surface area contributed by atoms with E-state index in [4.69, 9.17) is 4.74 Å². The van der Waals surface area contributed by atoms with Crippen molar-refractivity contribution in [2.24, 2.45) is 5.92 Å². The number of nitrogens with zero attached hydrogens (tertiary/aromatic N) is 2. The number of aromatic nitrogens is 1. The predicted octanol–water partition coefficient (Wildman–Crippen LogP) is 4.55. The Kier molecular flexibility index (Phi) is 5.60. The minimum atomic E-state index is -0.555. The molecule has 2 saturated heterocycles. The fourth-order valence-corrected chi connectivity index (χ4v) is 5.28. The van der Waals surface area contributed by atoms with Gasteiger partial charge in [0.25, 0.3) is 0 Å². The Bertz CT molecular complexity index is 1210. The number of fused-ring (bicyclic) bond motifs is 1. The maximum absolute atomic E-state index is 13.3. The van der Waals surface area contributed by atoms with E-state index in [0.29, 0.717) is 32.0 Å². The molecular formula is C27H31N3O3. The van der Waals surface area contributed by atoms with E-state index in [-0.39, 0.29) is 11.8 Å². The molecule has 2 aliphatic heterocycles. The first-order chi connectivity index (χ1) is 16.0. The molecule has 0 saturated carbocycles. The Hall–Kier alpha value is -3.28. The number of anilines is 1. The fourth-order valence-electron chi connectivity index (χ4n) is 5.28. The molecule has 0 spiro atoms. The summed E-state index contributed by atoms with van der Waals surface area (Å²) < 4.78 is 5.40. The number of carbonyl (C=O) groups is 2. The molecule has 3 heterocycles. The van der Waals surface area contributed by atoms with Crippen LogP contribution in [-0.4, -0.2) is 48.4 Å². The molecule has 6 heteroatoms. The third-order valence-corrected chi connectivity index (χ3v) is 7.47. The number of H-pyrrole nitrogens is 1. The van der Waals surface area contributed by atoms with Gasteiger partial charge in [-0.2, -0.15) is 0 Å². The maximum atomic E-state index is 13.3. The van der Waals surface area contributed by atoms with Crippen molar-refractivity contribution in [1.82, 2.24) is 9.88 Å². The number of aromatic amines is 1. The zero-order valence-corrected chi connectivity index (χ0v) is 19.6. The molecule has 2 aliphatic rings. The van der Waals surface area contributed by atoms with Gasteiger partial charge in [0, 0.05) is 42.4 Å². The number of hydrogen-bond acceptors (Lipinski definition) is 3. The summed E-state index contributed by atoms with van der Waals surface area (Å²) in [6, 6.07) is 12.2. The molecule has 0 bridgehead atoms. The van der Waals surface area contributed by atoms with Gasteiger partial charge in [-0.05, 0) is 86.1 Å². The lowest BCUT2D eigenvalue weighted by molar-refractivity contribution is -0.140. The fraction of sp³-hybridized carbons (Fsp3) is 0.407. The summed E-state index contributed by atoms with van der Waals surface area (Å²) in [4.78, 5) is 33.4. The third kappa shape index (κ3) is 3.88. The van der Waals surface area contributed by atoms with Gasteiger partial charge in [-0.3, -0.25) is 9.59 Å². The highest BCUT2D eigenvalue weighted by molar-refractivity contribution is 6.09. The number of amides is 2. The minimum Gasteiger partial charge on any atom is -0.497 e. The van der Waals surface area contributed by atoms with E-state index < -0.39 is 5.92 Å². The van der Waals surface area contributed by atoms with E-state index >= 15 is 0 Å². The van der Waals surface area contributed by atoms with Crippen molar-refractivity contribution in [2.75, 3.05) is 31.6 Å². The third-order valence-electron chi connectivity index (χ3n) is 7.47. The summed E-state index contributed by atoms with van der Waals surface area (Å²) in [5.41, 5.74) is 5.65. The van der Waals surface area contributed by atoms with Gasteiger partial charge in [0.15, 0.2) is 0 Å². The summed E-state index contributed by atoms with van der Waals surface area (Å²) >= 11 is 0. The van der Waals surface area contributed by atoms with Crippen LogP contribution in [0.5, 0.6) is 5.75 Å². The maximum Gasteiger partial charge on any atom is 0.239 e. The van der Waals surface area contributed by atoms with E-state index in [2.05, 4.69) is 31.1 Å². The van der Waals surface area contributed by atoms with Crippen molar-refractivity contribution < 1.29 is 14.3 Å². The number of methoxy groups -OCH3 is 1. The van der Waals surface area contributed by atoms with Crippen LogP contribution in [0.25, 0.3) is 10.9 Å². The van der Waals surface area contributed by atoms with Crippen molar-refractivity contribution in [2.45, 2.75) is 39.0 Å². The summed E-state index contributed by atoms with van der Waals surface area (Å²) in [5.74, 6) is 0.616. The monoisotopic (exact) mass is 445 g/mol. The quantitative estimate of drug-likeness (QED) is 0.599. The molecule has 33 heavy (non-hydrogen) atoms. The van der Waals surface area contributed by atoms with Gasteiger partial charge in [-0.15, -0.1) is 0 Å². The molecule has 1 atom stereocenters. The van der Waals surface area contributed by atoms with Gasteiger partial charge < -0.3 is 19.5 Å². The van der Waals surface area contributed by atoms with E-state index in [1.54, 1.807) is 12.0 Å². The van der Waals surface area contributed by atoms with Crippen LogP contribution in [0, 0.1) is 19.8 Å². The van der Waals surface area contributed by atoms with Crippen LogP contribution in [0.1, 0.15) is 41.9 Å². The van der Waals surface area contributed by atoms with Crippen LogP contribution in [0.2, 0.25) is 0 Å². The lowest BCUT2D eigenvalue weighted by Crippen LogP contribution is -2.43. The SMILES string of the molecule is COc1ccc2[nH]cc(C3CCN(C(=O)C4CCN(c5ccc(C)c(C)c5)C4=O)CC3)c2c1. The lowest BCUT2D eigenvalue weighted by atomic mass is 9.88. The van der Waals surface area contributed by atoms with E-state index in [1.807, 2.05) is 35.2 Å². The number of hydrogen-bond donors (Lipinski definition) is 1. The number of carbonyl (C=O) groups excluding carboxylic acids is 2. The molecule has 1 N–H and O–H groups in total. The van der Waals surface area contributed by atoms with Crippen LogP contribution in [0.15, 0.2) is 42.6 Å². The molecule has 1 aromatic heterocycles. The number of ether oxygens (including phenoxy) is 1. The van der Waals surface area contributed by atoms with Crippen LogP contribution >= 0.6 is 0 Å². The smallest absolute Gasteiger partial charge is 0.239 e. The topological polar surface area (TPSA) is 65.6 Å². The van der Waals surface area contributed by atoms with Gasteiger partial charge in [0.05, 0.1) is 7.11 Å². The Morgan fingerprint density at radius 2 is 1.79 bits per heavy atom. The van der Waals surface area contributed by atoms with Crippen molar-refractivity contribution >= 4 is 28.4 Å². The lowest BCUT2D eigenvalue weighted by Gasteiger charge is -2.33. The normalized spacial score (nSPS) is 19.5. The van der Waals surface area contributed by atoms with Crippen LogP contribution in [0.4, 0.5) is 5.69 Å². The average Bonchev–Trinajstić information content (AvgIpc) is 3.43. The largest absolute Gasteiger partial charge is 0.497 e. The first kappa shape index (κ1) is 21.6. The Balaban J connectivity index is 1.25. The molecular weight excluding hydrogens is 414 g/mol. The van der Waals surface area contributed by atoms with Crippen LogP contribution < -0.4 is 9.64 Å². The Morgan fingerprint density at radius 3 is 2.52 bits per heavy atom. The van der Waals surface area contributed by atoms with E-state index in [9.17, 15) is 9.59 Å². The van der Waals surface area contributed by atoms with Gasteiger partial charge >= 0.3 is 0 Å². The number of piperidine rings is 1. The molecule has 1 unspecified atom stereocenters. The number of likely N-dealkylation sites (tertiary alicyclic amines) is 1. The summed E-state index contributed by atoms with van der Waals surface area (Å²) in [6.07, 6.45) is 4.48. The van der Waals surface area contributed by atoms with Gasteiger partial charge in [-0.1, -0.05) is 6.07 Å². The summed E-state index contributed by atoms with van der Waals surface area (Å²) in [7, 11) is 1.68. The molecule has 2 aromatic carbocycles.